The van der Waals surface area contributed by atoms with E-state index in [2.05, 4.69) is 5.32 Å². The highest BCUT2D eigenvalue weighted by Gasteiger charge is 2.26. The molecule has 0 saturated carbocycles. The van der Waals surface area contributed by atoms with E-state index in [1.165, 1.54) is 0 Å². The minimum absolute atomic E-state index is 0.131. The number of nitrogens with one attached hydrogen (secondary N) is 1. The van der Waals surface area contributed by atoms with Crippen molar-refractivity contribution >= 4 is 28.5 Å². The van der Waals surface area contributed by atoms with Gasteiger partial charge < -0.3 is 14.6 Å². The number of anilines is 1. The minimum Gasteiger partial charge on any atom is -0.449 e. The van der Waals surface area contributed by atoms with Crippen LogP contribution in [-0.2, 0) is 4.79 Å². The smallest absolute Gasteiger partial charge is 0.291 e. The van der Waals surface area contributed by atoms with Crippen LogP contribution in [0, 0.1) is 5.92 Å². The Labute approximate surface area is 143 Å². The van der Waals surface area contributed by atoms with E-state index in [4.69, 9.17) is 4.42 Å². The molecule has 0 atom stereocenters. The number of furan rings is 1. The van der Waals surface area contributed by atoms with Gasteiger partial charge in [-0.2, -0.15) is 0 Å². The van der Waals surface area contributed by atoms with Gasteiger partial charge in [-0.3, -0.25) is 9.59 Å². The number of rotatable bonds is 7. The second-order valence-corrected chi connectivity index (χ2v) is 6.24. The van der Waals surface area contributed by atoms with Crippen molar-refractivity contribution < 1.29 is 14.0 Å². The van der Waals surface area contributed by atoms with Crippen LogP contribution in [0.2, 0.25) is 0 Å². The third kappa shape index (κ3) is 3.78. The highest BCUT2D eigenvalue weighted by Crippen LogP contribution is 2.32. The van der Waals surface area contributed by atoms with Crippen molar-refractivity contribution in [2.24, 2.45) is 5.92 Å². The summed E-state index contributed by atoms with van der Waals surface area (Å²) in [4.78, 5) is 26.9. The predicted octanol–water partition coefficient (Wildman–Crippen LogP) is 4.29. The number of nitrogens with zero attached hydrogens (tertiary/aromatic N) is 1. The van der Waals surface area contributed by atoms with Crippen molar-refractivity contribution in [3.05, 3.63) is 30.0 Å². The lowest BCUT2D eigenvalue weighted by molar-refractivity contribution is -0.118. The first-order valence-corrected chi connectivity index (χ1v) is 8.61. The van der Waals surface area contributed by atoms with E-state index in [0.29, 0.717) is 24.4 Å². The Morgan fingerprint density at radius 1 is 1.12 bits per heavy atom. The lowest BCUT2D eigenvalue weighted by atomic mass is 10.1. The molecule has 5 heteroatoms. The Hall–Kier alpha value is -2.30. The van der Waals surface area contributed by atoms with Crippen molar-refractivity contribution in [3.8, 4) is 0 Å². The van der Waals surface area contributed by atoms with Crippen LogP contribution >= 0.6 is 0 Å². The van der Waals surface area contributed by atoms with Gasteiger partial charge in [0.05, 0.1) is 0 Å². The van der Waals surface area contributed by atoms with Crippen LogP contribution in [-0.4, -0.2) is 29.8 Å². The van der Waals surface area contributed by atoms with Gasteiger partial charge in [0.1, 0.15) is 11.3 Å². The normalized spacial score (nSPS) is 11.0. The van der Waals surface area contributed by atoms with Crippen LogP contribution in [0.15, 0.2) is 28.7 Å². The molecule has 130 valence electrons. The SMILES string of the molecule is CCCN(CCC)C(=O)c1oc2ccccc2c1NC(=O)C(C)C. The molecule has 0 fully saturated rings. The zero-order valence-corrected chi connectivity index (χ0v) is 14.9. The summed E-state index contributed by atoms with van der Waals surface area (Å²) in [6.45, 7) is 9.05. The third-order valence-corrected chi connectivity index (χ3v) is 3.84. The van der Waals surface area contributed by atoms with Gasteiger partial charge in [-0.05, 0) is 25.0 Å². The topological polar surface area (TPSA) is 62.6 Å². The molecule has 1 aromatic carbocycles. The Morgan fingerprint density at radius 3 is 2.33 bits per heavy atom. The molecule has 1 N–H and O–H groups in total. The fourth-order valence-corrected chi connectivity index (χ4v) is 2.59. The van der Waals surface area contributed by atoms with Gasteiger partial charge >= 0.3 is 0 Å². The molecule has 2 aromatic rings. The van der Waals surface area contributed by atoms with Crippen molar-refractivity contribution in [2.45, 2.75) is 40.5 Å². The van der Waals surface area contributed by atoms with E-state index in [1.54, 1.807) is 11.0 Å². The number of hydrogen-bond donors (Lipinski definition) is 1. The average molecular weight is 330 g/mol. The number of hydrogen-bond acceptors (Lipinski definition) is 3. The predicted molar refractivity (Wildman–Crippen MR) is 96.2 cm³/mol. The number of benzene rings is 1. The van der Waals surface area contributed by atoms with E-state index in [1.807, 2.05) is 45.9 Å². The first-order chi connectivity index (χ1) is 11.5. The van der Waals surface area contributed by atoms with Gasteiger partial charge in [0.25, 0.3) is 5.91 Å². The number of carbonyl (C=O) groups is 2. The first kappa shape index (κ1) is 18.0. The molecule has 0 aliphatic carbocycles. The molecule has 0 spiro atoms. The summed E-state index contributed by atoms with van der Waals surface area (Å²) < 4.78 is 5.81. The summed E-state index contributed by atoms with van der Waals surface area (Å²) in [6.07, 6.45) is 1.75. The van der Waals surface area contributed by atoms with E-state index in [-0.39, 0.29) is 23.5 Å². The molecule has 24 heavy (non-hydrogen) atoms. The zero-order chi connectivity index (χ0) is 17.7. The van der Waals surface area contributed by atoms with Crippen LogP contribution in [0.4, 0.5) is 5.69 Å². The quantitative estimate of drug-likeness (QED) is 0.823. The summed E-state index contributed by atoms with van der Waals surface area (Å²) >= 11 is 0. The summed E-state index contributed by atoms with van der Waals surface area (Å²) in [5, 5.41) is 3.63. The second kappa shape index (κ2) is 7.99. The third-order valence-electron chi connectivity index (χ3n) is 3.84. The molecular formula is C19H26N2O3. The Kier molecular flexibility index (Phi) is 6.01. The number of carbonyl (C=O) groups excluding carboxylic acids is 2. The molecule has 0 aliphatic heterocycles. The fraction of sp³-hybridized carbons (Fsp3) is 0.474. The Morgan fingerprint density at radius 2 is 1.75 bits per heavy atom. The van der Waals surface area contributed by atoms with Gasteiger partial charge in [0, 0.05) is 24.4 Å². The molecule has 2 amide bonds. The van der Waals surface area contributed by atoms with Crippen LogP contribution in [0.1, 0.15) is 51.1 Å². The highest BCUT2D eigenvalue weighted by molar-refractivity contribution is 6.11. The Bertz CT molecular complexity index is 712. The molecule has 1 heterocycles. The van der Waals surface area contributed by atoms with Gasteiger partial charge in [-0.25, -0.2) is 0 Å². The minimum atomic E-state index is -0.177. The number of fused-ring (bicyclic) bond motifs is 1. The largest absolute Gasteiger partial charge is 0.449 e. The molecule has 1 aromatic heterocycles. The van der Waals surface area contributed by atoms with Crippen molar-refractivity contribution in [2.75, 3.05) is 18.4 Å². The van der Waals surface area contributed by atoms with Crippen LogP contribution in [0.25, 0.3) is 11.0 Å². The molecule has 5 nitrogen and oxygen atoms in total. The summed E-state index contributed by atoms with van der Waals surface area (Å²) in [7, 11) is 0. The zero-order valence-electron chi connectivity index (χ0n) is 14.9. The van der Waals surface area contributed by atoms with Crippen molar-refractivity contribution in [1.29, 1.82) is 0 Å². The van der Waals surface area contributed by atoms with Crippen molar-refractivity contribution in [3.63, 3.8) is 0 Å². The van der Waals surface area contributed by atoms with Gasteiger partial charge in [0.2, 0.25) is 11.7 Å². The lowest BCUT2D eigenvalue weighted by Gasteiger charge is -2.20. The van der Waals surface area contributed by atoms with E-state index >= 15 is 0 Å². The molecule has 0 saturated heterocycles. The number of amides is 2. The molecule has 0 aliphatic rings. The van der Waals surface area contributed by atoms with Crippen molar-refractivity contribution in [1.82, 2.24) is 4.90 Å². The van der Waals surface area contributed by atoms with Crippen LogP contribution in [0.3, 0.4) is 0 Å². The average Bonchev–Trinajstić information content (AvgIpc) is 2.92. The van der Waals surface area contributed by atoms with Gasteiger partial charge in [-0.1, -0.05) is 39.8 Å². The Balaban J connectivity index is 2.47. The lowest BCUT2D eigenvalue weighted by Crippen LogP contribution is -2.33. The fourth-order valence-electron chi connectivity index (χ4n) is 2.59. The van der Waals surface area contributed by atoms with Crippen LogP contribution in [0.5, 0.6) is 0 Å². The molecule has 0 bridgehead atoms. The monoisotopic (exact) mass is 330 g/mol. The van der Waals surface area contributed by atoms with Crippen LogP contribution < -0.4 is 5.32 Å². The number of para-hydroxylation sites is 1. The van der Waals surface area contributed by atoms with E-state index < -0.39 is 0 Å². The van der Waals surface area contributed by atoms with E-state index in [0.717, 1.165) is 18.2 Å². The maximum absolute atomic E-state index is 12.9. The standard InChI is InChI=1S/C19H26N2O3/c1-5-11-21(12-6-2)19(23)17-16(20-18(22)13(3)4)14-9-7-8-10-15(14)24-17/h7-10,13H,5-6,11-12H2,1-4H3,(H,20,22). The molecule has 2 rings (SSSR count). The summed E-state index contributed by atoms with van der Waals surface area (Å²) in [6, 6.07) is 7.38. The maximum Gasteiger partial charge on any atom is 0.291 e. The second-order valence-electron chi connectivity index (χ2n) is 6.24. The maximum atomic E-state index is 12.9. The molecule has 0 radical (unpaired) electrons. The van der Waals surface area contributed by atoms with E-state index in [9.17, 15) is 9.59 Å². The first-order valence-electron chi connectivity index (χ1n) is 8.61. The van der Waals surface area contributed by atoms with Gasteiger partial charge in [-0.15, -0.1) is 0 Å². The van der Waals surface area contributed by atoms with Gasteiger partial charge in [0.15, 0.2) is 0 Å². The highest BCUT2D eigenvalue weighted by atomic mass is 16.3. The summed E-state index contributed by atoms with van der Waals surface area (Å²) in [5.74, 6) is -0.266. The summed E-state index contributed by atoms with van der Waals surface area (Å²) in [5.41, 5.74) is 1.08. The molecule has 0 unspecified atom stereocenters. The molecular weight excluding hydrogens is 304 g/mol.